The molecule has 0 fully saturated rings. The first-order valence-corrected chi connectivity index (χ1v) is 11.8. The summed E-state index contributed by atoms with van der Waals surface area (Å²) in [5.41, 5.74) is 3.04. The fourth-order valence-corrected chi connectivity index (χ4v) is 9.46. The first-order valence-electron chi connectivity index (χ1n) is 10.0. The average Bonchev–Trinajstić information content (AvgIpc) is 3.04. The lowest BCUT2D eigenvalue weighted by atomic mass is 10.0. The summed E-state index contributed by atoms with van der Waals surface area (Å²) in [6.07, 6.45) is 2.21. The van der Waals surface area contributed by atoms with Crippen molar-refractivity contribution in [2.45, 2.75) is 26.7 Å². The zero-order valence-corrected chi connectivity index (χ0v) is 17.9. The van der Waals surface area contributed by atoms with Crippen LogP contribution in [0.5, 0.6) is 0 Å². The second-order valence-corrected chi connectivity index (χ2v) is 10.4. The fourth-order valence-electron chi connectivity index (χ4n) is 4.41. The van der Waals surface area contributed by atoms with Gasteiger partial charge in [0.05, 0.1) is 5.31 Å². The lowest BCUT2D eigenvalue weighted by molar-refractivity contribution is 0.368. The summed E-state index contributed by atoms with van der Waals surface area (Å²) in [7, 11) is -7.74. The summed E-state index contributed by atoms with van der Waals surface area (Å²) in [6.45, 7) is 4.63. The van der Waals surface area contributed by atoms with Gasteiger partial charge in [-0.1, -0.05) is 68.4 Å². The summed E-state index contributed by atoms with van der Waals surface area (Å²) < 4.78 is 39.0. The fraction of sp³-hybridized carbons (Fsp3) is 0.167. The van der Waals surface area contributed by atoms with Gasteiger partial charge in [0.15, 0.2) is 0 Å². The molecular formula is C24H24BF4P. The van der Waals surface area contributed by atoms with Crippen LogP contribution < -0.4 is 15.9 Å². The van der Waals surface area contributed by atoms with Crippen molar-refractivity contribution in [3.63, 3.8) is 0 Å². The van der Waals surface area contributed by atoms with Crippen molar-refractivity contribution in [1.29, 1.82) is 0 Å². The molecule has 3 aromatic carbocycles. The van der Waals surface area contributed by atoms with E-state index in [1.54, 1.807) is 16.2 Å². The molecule has 1 aliphatic heterocycles. The zero-order valence-electron chi connectivity index (χ0n) is 17.0. The maximum Gasteiger partial charge on any atom is 0.673 e. The van der Waals surface area contributed by atoms with Crippen molar-refractivity contribution in [2.24, 2.45) is 0 Å². The molecule has 0 saturated heterocycles. The summed E-state index contributed by atoms with van der Waals surface area (Å²) in [5, 5.41) is 6.16. The first kappa shape index (κ1) is 22.3. The van der Waals surface area contributed by atoms with E-state index in [-0.39, 0.29) is 0 Å². The predicted molar refractivity (Wildman–Crippen MR) is 123 cm³/mol. The van der Waals surface area contributed by atoms with E-state index in [2.05, 4.69) is 98.8 Å². The zero-order chi connectivity index (χ0) is 21.8. The maximum atomic E-state index is 9.75. The van der Waals surface area contributed by atoms with Gasteiger partial charge in [-0.15, -0.1) is 0 Å². The van der Waals surface area contributed by atoms with E-state index in [4.69, 9.17) is 0 Å². The molecule has 0 N–H and O–H groups in total. The van der Waals surface area contributed by atoms with Crippen molar-refractivity contribution in [1.82, 2.24) is 0 Å². The molecule has 30 heavy (non-hydrogen) atoms. The molecule has 156 valence electrons. The molecule has 1 heterocycles. The number of rotatable bonds is 4. The number of benzene rings is 3. The van der Waals surface area contributed by atoms with Gasteiger partial charge in [0.1, 0.15) is 23.2 Å². The van der Waals surface area contributed by atoms with Gasteiger partial charge in [0.2, 0.25) is 0 Å². The van der Waals surface area contributed by atoms with Gasteiger partial charge in [-0.25, -0.2) is 0 Å². The van der Waals surface area contributed by atoms with E-state index in [0.717, 1.165) is 12.8 Å². The third-order valence-electron chi connectivity index (χ3n) is 5.32. The smallest absolute Gasteiger partial charge is 0.418 e. The highest BCUT2D eigenvalue weighted by atomic mass is 31.2. The van der Waals surface area contributed by atoms with Crippen LogP contribution in [0.3, 0.4) is 0 Å². The van der Waals surface area contributed by atoms with Gasteiger partial charge in [0, 0.05) is 17.6 Å². The second kappa shape index (κ2) is 9.18. The quantitative estimate of drug-likeness (QED) is 0.242. The molecule has 0 radical (unpaired) electrons. The van der Waals surface area contributed by atoms with Crippen LogP contribution in [0.25, 0.3) is 5.57 Å². The highest BCUT2D eigenvalue weighted by Crippen LogP contribution is 2.69. The summed E-state index contributed by atoms with van der Waals surface area (Å²) >= 11 is 0. The molecule has 0 amide bonds. The minimum atomic E-state index is -6.00. The first-order chi connectivity index (χ1) is 14.3. The molecule has 1 aliphatic rings. The molecule has 6 heteroatoms. The van der Waals surface area contributed by atoms with Gasteiger partial charge in [0.25, 0.3) is 0 Å². The van der Waals surface area contributed by atoms with Crippen LogP contribution in [0.2, 0.25) is 0 Å². The van der Waals surface area contributed by atoms with Crippen molar-refractivity contribution in [2.75, 3.05) is 0 Å². The van der Waals surface area contributed by atoms with Gasteiger partial charge in [-0.2, -0.15) is 0 Å². The maximum absolute atomic E-state index is 9.75. The third kappa shape index (κ3) is 4.22. The highest BCUT2D eigenvalue weighted by molar-refractivity contribution is 7.99. The average molecular weight is 430 g/mol. The van der Waals surface area contributed by atoms with Crippen LogP contribution in [-0.2, 0) is 0 Å². The topological polar surface area (TPSA) is 0 Å². The molecule has 0 unspecified atom stereocenters. The summed E-state index contributed by atoms with van der Waals surface area (Å²) in [5.74, 6) is 0. The largest absolute Gasteiger partial charge is 0.673 e. The lowest BCUT2D eigenvalue weighted by Crippen LogP contribution is -2.30. The van der Waals surface area contributed by atoms with Crippen molar-refractivity contribution in [3.8, 4) is 0 Å². The van der Waals surface area contributed by atoms with Crippen molar-refractivity contribution < 1.29 is 17.3 Å². The van der Waals surface area contributed by atoms with Crippen molar-refractivity contribution >= 4 is 36.0 Å². The van der Waals surface area contributed by atoms with Crippen LogP contribution in [0.1, 0.15) is 32.3 Å². The Hall–Kier alpha value is -2.39. The van der Waals surface area contributed by atoms with Gasteiger partial charge in [-0.05, 0) is 36.8 Å². The minimum absolute atomic E-state index is 1.10. The monoisotopic (exact) mass is 430 g/mol. The number of hydrogen-bond donors (Lipinski definition) is 0. The molecule has 3 aromatic rings. The van der Waals surface area contributed by atoms with Crippen LogP contribution in [0.15, 0.2) is 90.2 Å². The van der Waals surface area contributed by atoms with E-state index in [9.17, 15) is 17.3 Å². The Kier molecular flexibility index (Phi) is 6.82. The molecule has 0 nitrogen and oxygen atoms in total. The van der Waals surface area contributed by atoms with E-state index in [1.165, 1.54) is 16.2 Å². The molecule has 0 spiro atoms. The Morgan fingerprint density at radius 2 is 1.07 bits per heavy atom. The normalized spacial score (nSPS) is 14.7. The Bertz CT molecular complexity index is 969. The van der Waals surface area contributed by atoms with E-state index < -0.39 is 14.5 Å². The SMILES string of the molecule is CCC1=C(CC)[P+](c2ccccc2)(c2ccccc2)c2ccccc21.F[B-](F)(F)F. The van der Waals surface area contributed by atoms with E-state index in [1.807, 2.05) is 0 Å². The molecular weight excluding hydrogens is 406 g/mol. The van der Waals surface area contributed by atoms with E-state index >= 15 is 0 Å². The summed E-state index contributed by atoms with van der Waals surface area (Å²) in [6, 6.07) is 31.5. The molecule has 0 saturated carbocycles. The Balaban J connectivity index is 0.000000461. The van der Waals surface area contributed by atoms with Crippen molar-refractivity contribution in [3.05, 3.63) is 95.8 Å². The Morgan fingerprint density at radius 1 is 0.633 bits per heavy atom. The highest BCUT2D eigenvalue weighted by Gasteiger charge is 2.55. The van der Waals surface area contributed by atoms with Crippen LogP contribution >= 0.6 is 7.26 Å². The molecule has 4 rings (SSSR count). The molecule has 0 aromatic heterocycles. The standard InChI is InChI=1S/C24H24P.BF4/c1-3-21-22-17-11-12-18-24(22)25(23(21)4-2,19-13-7-5-8-14-19)20-15-9-6-10-16-20;2-1(3,4)5/h5-18H,3-4H2,1-2H3;/q+1;-1. The lowest BCUT2D eigenvalue weighted by Gasteiger charge is -2.26. The predicted octanol–water partition coefficient (Wildman–Crippen LogP) is 6.83. The molecule has 0 atom stereocenters. The van der Waals surface area contributed by atoms with E-state index in [0.29, 0.717) is 0 Å². The minimum Gasteiger partial charge on any atom is -0.418 e. The van der Waals surface area contributed by atoms with Gasteiger partial charge in [-0.3, -0.25) is 0 Å². The molecule has 0 bridgehead atoms. The number of allylic oxidation sites excluding steroid dienone is 2. The second-order valence-electron chi connectivity index (χ2n) is 6.99. The Morgan fingerprint density at radius 3 is 1.50 bits per heavy atom. The van der Waals surface area contributed by atoms with Crippen LogP contribution in [0.4, 0.5) is 17.3 Å². The number of hydrogen-bond acceptors (Lipinski definition) is 0. The summed E-state index contributed by atoms with van der Waals surface area (Å²) in [4.78, 5) is 0. The third-order valence-corrected chi connectivity index (χ3v) is 9.97. The van der Waals surface area contributed by atoms with Gasteiger partial charge >= 0.3 is 7.25 Å². The van der Waals surface area contributed by atoms with Crippen LogP contribution in [0, 0.1) is 0 Å². The molecule has 0 aliphatic carbocycles. The number of fused-ring (bicyclic) bond motifs is 1. The Labute approximate surface area is 176 Å². The number of halogens is 4. The van der Waals surface area contributed by atoms with Crippen LogP contribution in [-0.4, -0.2) is 7.25 Å². The van der Waals surface area contributed by atoms with Gasteiger partial charge < -0.3 is 17.3 Å².